The second-order valence-corrected chi connectivity index (χ2v) is 5.78. The van der Waals surface area contributed by atoms with Gasteiger partial charge in [-0.2, -0.15) is 0 Å². The van der Waals surface area contributed by atoms with Gasteiger partial charge in [0, 0.05) is 23.9 Å². The zero-order valence-corrected chi connectivity index (χ0v) is 13.5. The molecule has 2 atom stereocenters. The molecule has 2 aromatic heterocycles. The second kappa shape index (κ2) is 6.00. The SMILES string of the molecule is C[C@H]1OC[C@H](n2cc(F)c3nc(-c4ccc([N+](=O)[O-])cc4)cn3c2=O)O1. The highest BCUT2D eigenvalue weighted by molar-refractivity contribution is 5.63. The van der Waals surface area contributed by atoms with Crippen molar-refractivity contribution in [2.45, 2.75) is 19.4 Å². The number of imidazole rings is 1. The average molecular weight is 360 g/mol. The Hall–Kier alpha value is -3.11. The van der Waals surface area contributed by atoms with Crippen LogP contribution in [-0.4, -0.2) is 31.8 Å². The maximum Gasteiger partial charge on any atom is 0.336 e. The Labute approximate surface area is 145 Å². The molecule has 0 radical (unpaired) electrons. The zero-order valence-electron chi connectivity index (χ0n) is 13.5. The lowest BCUT2D eigenvalue weighted by Crippen LogP contribution is -2.31. The highest BCUT2D eigenvalue weighted by atomic mass is 19.1. The Bertz CT molecular complexity index is 1060. The van der Waals surface area contributed by atoms with E-state index in [1.807, 2.05) is 0 Å². The number of nitro benzene ring substituents is 1. The van der Waals surface area contributed by atoms with Crippen molar-refractivity contribution in [2.75, 3.05) is 6.61 Å². The Morgan fingerprint density at radius 3 is 2.65 bits per heavy atom. The number of fused-ring (bicyclic) bond motifs is 1. The fourth-order valence-corrected chi connectivity index (χ4v) is 2.82. The van der Waals surface area contributed by atoms with Crippen LogP contribution in [0.15, 0.2) is 41.5 Å². The molecule has 9 nitrogen and oxygen atoms in total. The molecule has 0 aliphatic carbocycles. The first kappa shape index (κ1) is 16.4. The third kappa shape index (κ3) is 2.65. The van der Waals surface area contributed by atoms with Crippen molar-refractivity contribution in [3.8, 4) is 11.3 Å². The molecule has 10 heteroatoms. The molecule has 1 aromatic carbocycles. The Balaban J connectivity index is 1.79. The summed E-state index contributed by atoms with van der Waals surface area (Å²) in [6.45, 7) is 1.82. The Kier molecular flexibility index (Phi) is 3.78. The molecular formula is C16H13FN4O5. The van der Waals surface area contributed by atoms with Crippen molar-refractivity contribution >= 4 is 11.3 Å². The molecule has 1 fully saturated rings. The Morgan fingerprint density at radius 2 is 2.04 bits per heavy atom. The molecule has 0 unspecified atom stereocenters. The van der Waals surface area contributed by atoms with E-state index in [1.54, 1.807) is 6.92 Å². The fraction of sp³-hybridized carbons (Fsp3) is 0.250. The summed E-state index contributed by atoms with van der Waals surface area (Å²) in [7, 11) is 0. The van der Waals surface area contributed by atoms with E-state index in [-0.39, 0.29) is 17.9 Å². The van der Waals surface area contributed by atoms with Gasteiger partial charge >= 0.3 is 5.69 Å². The zero-order chi connectivity index (χ0) is 18.4. The molecule has 26 heavy (non-hydrogen) atoms. The maximum absolute atomic E-state index is 14.4. The topological polar surface area (TPSA) is 101 Å². The van der Waals surface area contributed by atoms with Gasteiger partial charge in [0.15, 0.2) is 24.0 Å². The van der Waals surface area contributed by atoms with E-state index in [4.69, 9.17) is 9.47 Å². The predicted octanol–water partition coefficient (Wildman–Crippen LogP) is 2.10. The molecule has 1 aliphatic rings. The van der Waals surface area contributed by atoms with Gasteiger partial charge in [-0.15, -0.1) is 0 Å². The minimum atomic E-state index is -0.721. The average Bonchev–Trinajstić information content (AvgIpc) is 3.25. The summed E-state index contributed by atoms with van der Waals surface area (Å²) in [6.07, 6.45) is 1.22. The number of nitro groups is 1. The number of non-ortho nitro benzene ring substituents is 1. The lowest BCUT2D eigenvalue weighted by molar-refractivity contribution is -0.384. The number of ether oxygens (including phenoxy) is 2. The molecule has 0 N–H and O–H groups in total. The highest BCUT2D eigenvalue weighted by Gasteiger charge is 2.26. The molecule has 3 heterocycles. The molecule has 0 spiro atoms. The summed E-state index contributed by atoms with van der Waals surface area (Å²) in [5, 5.41) is 10.7. The van der Waals surface area contributed by atoms with Crippen LogP contribution in [0.25, 0.3) is 16.9 Å². The molecule has 4 rings (SSSR count). The molecule has 0 amide bonds. The molecule has 134 valence electrons. The maximum atomic E-state index is 14.4. The first-order valence-electron chi connectivity index (χ1n) is 7.75. The van der Waals surface area contributed by atoms with Crippen molar-refractivity contribution in [2.24, 2.45) is 0 Å². The van der Waals surface area contributed by atoms with Crippen LogP contribution in [0.1, 0.15) is 13.2 Å². The van der Waals surface area contributed by atoms with Crippen LogP contribution in [0.4, 0.5) is 10.1 Å². The summed E-state index contributed by atoms with van der Waals surface area (Å²) in [6, 6.07) is 5.62. The molecule has 0 saturated carbocycles. The summed E-state index contributed by atoms with van der Waals surface area (Å²) >= 11 is 0. The highest BCUT2D eigenvalue weighted by Crippen LogP contribution is 2.24. The third-order valence-electron chi connectivity index (χ3n) is 4.11. The van der Waals surface area contributed by atoms with E-state index < -0.39 is 28.9 Å². The standard InChI is InChI=1S/C16H13FN4O5/c1-9-25-8-14(26-9)19-6-12(17)15-18-13(7-20(15)16(19)22)10-2-4-11(5-3-10)21(23)24/h2-7,9,14H,8H2,1H3/t9-,14+/m0/s1. The van der Waals surface area contributed by atoms with Gasteiger partial charge < -0.3 is 9.47 Å². The molecule has 0 bridgehead atoms. The van der Waals surface area contributed by atoms with E-state index in [0.29, 0.717) is 11.3 Å². The molecule has 1 aliphatic heterocycles. The number of hydrogen-bond donors (Lipinski definition) is 0. The van der Waals surface area contributed by atoms with Gasteiger partial charge in [0.25, 0.3) is 5.69 Å². The van der Waals surface area contributed by atoms with Crippen molar-refractivity contribution < 1.29 is 18.8 Å². The smallest absolute Gasteiger partial charge is 0.336 e. The number of aromatic nitrogens is 3. The summed E-state index contributed by atoms with van der Waals surface area (Å²) in [5.41, 5.74) is 0.124. The predicted molar refractivity (Wildman–Crippen MR) is 87.0 cm³/mol. The van der Waals surface area contributed by atoms with Gasteiger partial charge in [-0.05, 0) is 19.1 Å². The summed E-state index contributed by atoms with van der Waals surface area (Å²) < 4.78 is 27.3. The molecule has 1 saturated heterocycles. The summed E-state index contributed by atoms with van der Waals surface area (Å²) in [4.78, 5) is 27.0. The van der Waals surface area contributed by atoms with E-state index in [1.165, 1.54) is 30.5 Å². The van der Waals surface area contributed by atoms with Crippen LogP contribution in [0.2, 0.25) is 0 Å². The van der Waals surface area contributed by atoms with Crippen LogP contribution in [0.5, 0.6) is 0 Å². The second-order valence-electron chi connectivity index (χ2n) is 5.78. The quantitative estimate of drug-likeness (QED) is 0.524. The van der Waals surface area contributed by atoms with Crippen molar-refractivity contribution in [1.82, 2.24) is 14.0 Å². The largest absolute Gasteiger partial charge is 0.348 e. The van der Waals surface area contributed by atoms with Crippen molar-refractivity contribution in [3.63, 3.8) is 0 Å². The van der Waals surface area contributed by atoms with E-state index in [2.05, 4.69) is 4.98 Å². The minimum Gasteiger partial charge on any atom is -0.348 e. The van der Waals surface area contributed by atoms with E-state index in [9.17, 15) is 19.3 Å². The number of benzene rings is 1. The number of hydrogen-bond acceptors (Lipinski definition) is 6. The van der Waals surface area contributed by atoms with Crippen LogP contribution in [0, 0.1) is 15.9 Å². The van der Waals surface area contributed by atoms with Gasteiger partial charge in [0.05, 0.1) is 23.4 Å². The lowest BCUT2D eigenvalue weighted by atomic mass is 10.1. The minimum absolute atomic E-state index is 0.0708. The van der Waals surface area contributed by atoms with Crippen molar-refractivity contribution in [1.29, 1.82) is 0 Å². The number of halogens is 1. The first-order valence-corrected chi connectivity index (χ1v) is 7.75. The summed E-state index contributed by atoms with van der Waals surface area (Å²) in [5.74, 6) is -0.694. The van der Waals surface area contributed by atoms with E-state index >= 15 is 0 Å². The third-order valence-corrected chi connectivity index (χ3v) is 4.11. The van der Waals surface area contributed by atoms with Gasteiger partial charge in [0.2, 0.25) is 0 Å². The van der Waals surface area contributed by atoms with Gasteiger partial charge in [-0.25, -0.2) is 18.6 Å². The van der Waals surface area contributed by atoms with Crippen molar-refractivity contribution in [3.05, 3.63) is 63.1 Å². The monoisotopic (exact) mass is 360 g/mol. The first-order chi connectivity index (χ1) is 12.4. The van der Waals surface area contributed by atoms with Crippen LogP contribution < -0.4 is 5.69 Å². The number of nitrogens with zero attached hydrogens (tertiary/aromatic N) is 4. The van der Waals surface area contributed by atoms with E-state index in [0.717, 1.165) is 15.2 Å². The molecule has 3 aromatic rings. The van der Waals surface area contributed by atoms with Gasteiger partial charge in [-0.3, -0.25) is 14.7 Å². The van der Waals surface area contributed by atoms with Gasteiger partial charge in [-0.1, -0.05) is 0 Å². The normalized spacial score (nSPS) is 19.9. The lowest BCUT2D eigenvalue weighted by Gasteiger charge is -2.12. The number of rotatable bonds is 3. The Morgan fingerprint density at radius 1 is 1.31 bits per heavy atom. The van der Waals surface area contributed by atoms with Gasteiger partial charge in [0.1, 0.15) is 0 Å². The van der Waals surface area contributed by atoms with Crippen LogP contribution in [-0.2, 0) is 9.47 Å². The fourth-order valence-electron chi connectivity index (χ4n) is 2.82. The van der Waals surface area contributed by atoms with Crippen LogP contribution >= 0.6 is 0 Å². The molecular weight excluding hydrogens is 347 g/mol. The van der Waals surface area contributed by atoms with Crippen LogP contribution in [0.3, 0.4) is 0 Å².